The molecule has 2 aromatic rings. The minimum absolute atomic E-state index is 0.225. The highest BCUT2D eigenvalue weighted by molar-refractivity contribution is 5.59. The highest BCUT2D eigenvalue weighted by Crippen LogP contribution is 2.17. The Morgan fingerprint density at radius 1 is 1.14 bits per heavy atom. The number of rotatable bonds is 7. The van der Waals surface area contributed by atoms with Crippen molar-refractivity contribution in [2.45, 2.75) is 32.9 Å². The number of pyridine rings is 1. The first-order valence-corrected chi connectivity index (χ1v) is 7.56. The lowest BCUT2D eigenvalue weighted by Gasteiger charge is -2.14. The molecule has 0 spiro atoms. The van der Waals surface area contributed by atoms with Crippen molar-refractivity contribution >= 4 is 0 Å². The van der Waals surface area contributed by atoms with E-state index >= 15 is 0 Å². The van der Waals surface area contributed by atoms with Crippen LogP contribution in [0.15, 0.2) is 48.7 Å². The van der Waals surface area contributed by atoms with E-state index in [0.717, 1.165) is 30.8 Å². The van der Waals surface area contributed by atoms with Gasteiger partial charge in [-0.25, -0.2) is 0 Å². The number of nitrogens with one attached hydrogen (secondary N) is 1. The van der Waals surface area contributed by atoms with Crippen LogP contribution in [0, 0.1) is 5.92 Å². The normalized spacial score (nSPS) is 12.6. The Kier molecular flexibility index (Phi) is 5.90. The molecule has 0 bridgehead atoms. The Morgan fingerprint density at radius 3 is 2.71 bits per heavy atom. The standard InChI is InChI=1S/C18H24N2O/c1-14(2)18(21)9-11-19-13-15-6-5-7-16(12-15)17-8-3-4-10-20-17/h3-8,10,12,14,18-19,21H,9,11,13H2,1-2H3. The molecule has 0 saturated carbocycles. The van der Waals surface area contributed by atoms with Gasteiger partial charge in [0.15, 0.2) is 0 Å². The van der Waals surface area contributed by atoms with Gasteiger partial charge < -0.3 is 10.4 Å². The number of benzene rings is 1. The van der Waals surface area contributed by atoms with E-state index in [1.807, 2.05) is 38.2 Å². The third kappa shape index (κ3) is 4.96. The molecule has 21 heavy (non-hydrogen) atoms. The van der Waals surface area contributed by atoms with Crippen LogP contribution in [-0.2, 0) is 6.54 Å². The van der Waals surface area contributed by atoms with Crippen molar-refractivity contribution < 1.29 is 5.11 Å². The van der Waals surface area contributed by atoms with Crippen LogP contribution in [0.2, 0.25) is 0 Å². The fourth-order valence-corrected chi connectivity index (χ4v) is 2.19. The Morgan fingerprint density at radius 2 is 2.00 bits per heavy atom. The lowest BCUT2D eigenvalue weighted by Crippen LogP contribution is -2.23. The van der Waals surface area contributed by atoms with Crippen LogP contribution < -0.4 is 5.32 Å². The van der Waals surface area contributed by atoms with Crippen LogP contribution >= 0.6 is 0 Å². The molecule has 0 radical (unpaired) electrons. The average Bonchev–Trinajstić information content (AvgIpc) is 2.52. The van der Waals surface area contributed by atoms with Gasteiger partial charge in [0.2, 0.25) is 0 Å². The Hall–Kier alpha value is -1.71. The van der Waals surface area contributed by atoms with Gasteiger partial charge in [0.1, 0.15) is 0 Å². The fraction of sp³-hybridized carbons (Fsp3) is 0.389. The maximum Gasteiger partial charge on any atom is 0.0702 e. The molecule has 3 heteroatoms. The summed E-state index contributed by atoms with van der Waals surface area (Å²) < 4.78 is 0. The predicted octanol–water partition coefficient (Wildman–Crippen LogP) is 3.25. The molecule has 0 fully saturated rings. The Bertz CT molecular complexity index is 540. The van der Waals surface area contributed by atoms with Gasteiger partial charge in [-0.3, -0.25) is 4.98 Å². The molecule has 0 amide bonds. The highest BCUT2D eigenvalue weighted by atomic mass is 16.3. The molecule has 0 aliphatic rings. The third-order valence-electron chi connectivity index (χ3n) is 3.60. The number of nitrogens with zero attached hydrogens (tertiary/aromatic N) is 1. The Labute approximate surface area is 127 Å². The number of aliphatic hydroxyl groups is 1. The number of aromatic nitrogens is 1. The van der Waals surface area contributed by atoms with Crippen molar-refractivity contribution in [1.82, 2.24) is 10.3 Å². The zero-order valence-corrected chi connectivity index (χ0v) is 12.8. The SMILES string of the molecule is CC(C)C(O)CCNCc1cccc(-c2ccccn2)c1. The second-order valence-corrected chi connectivity index (χ2v) is 5.69. The molecule has 1 atom stereocenters. The molecular formula is C18H24N2O. The van der Waals surface area contributed by atoms with Gasteiger partial charge in [-0.15, -0.1) is 0 Å². The van der Waals surface area contributed by atoms with E-state index in [4.69, 9.17) is 0 Å². The zero-order valence-electron chi connectivity index (χ0n) is 12.8. The average molecular weight is 284 g/mol. The summed E-state index contributed by atoms with van der Waals surface area (Å²) >= 11 is 0. The second-order valence-electron chi connectivity index (χ2n) is 5.69. The first kappa shape index (κ1) is 15.7. The van der Waals surface area contributed by atoms with Crippen LogP contribution in [0.1, 0.15) is 25.8 Å². The quantitative estimate of drug-likeness (QED) is 0.767. The van der Waals surface area contributed by atoms with E-state index in [1.54, 1.807) is 0 Å². The summed E-state index contributed by atoms with van der Waals surface area (Å²) in [7, 11) is 0. The van der Waals surface area contributed by atoms with Gasteiger partial charge in [0.05, 0.1) is 11.8 Å². The van der Waals surface area contributed by atoms with E-state index in [-0.39, 0.29) is 6.10 Å². The topological polar surface area (TPSA) is 45.1 Å². The third-order valence-corrected chi connectivity index (χ3v) is 3.60. The minimum atomic E-state index is -0.225. The van der Waals surface area contributed by atoms with Crippen molar-refractivity contribution in [3.63, 3.8) is 0 Å². The van der Waals surface area contributed by atoms with Crippen LogP contribution in [0.3, 0.4) is 0 Å². The van der Waals surface area contributed by atoms with E-state index < -0.39 is 0 Å². The molecule has 1 aromatic heterocycles. The van der Waals surface area contributed by atoms with Crippen LogP contribution in [0.4, 0.5) is 0 Å². The van der Waals surface area contributed by atoms with Crippen molar-refractivity contribution in [1.29, 1.82) is 0 Å². The van der Waals surface area contributed by atoms with Crippen molar-refractivity contribution in [3.8, 4) is 11.3 Å². The lowest BCUT2D eigenvalue weighted by molar-refractivity contribution is 0.116. The summed E-state index contributed by atoms with van der Waals surface area (Å²) in [6.07, 6.45) is 2.38. The van der Waals surface area contributed by atoms with E-state index in [2.05, 4.69) is 34.6 Å². The van der Waals surface area contributed by atoms with E-state index in [1.165, 1.54) is 5.56 Å². The fourth-order valence-electron chi connectivity index (χ4n) is 2.19. The van der Waals surface area contributed by atoms with Gasteiger partial charge in [0.25, 0.3) is 0 Å². The van der Waals surface area contributed by atoms with Crippen LogP contribution in [-0.4, -0.2) is 22.7 Å². The molecule has 0 saturated heterocycles. The maximum atomic E-state index is 9.77. The molecule has 112 valence electrons. The summed E-state index contributed by atoms with van der Waals surface area (Å²) in [4.78, 5) is 4.38. The van der Waals surface area contributed by atoms with Gasteiger partial charge in [-0.2, -0.15) is 0 Å². The summed E-state index contributed by atoms with van der Waals surface area (Å²) in [5.41, 5.74) is 3.36. The Balaban J connectivity index is 1.87. The molecule has 0 aliphatic carbocycles. The molecular weight excluding hydrogens is 260 g/mol. The van der Waals surface area contributed by atoms with Crippen molar-refractivity contribution in [2.24, 2.45) is 5.92 Å². The lowest BCUT2D eigenvalue weighted by atomic mass is 10.0. The predicted molar refractivity (Wildman–Crippen MR) is 86.8 cm³/mol. The molecule has 1 heterocycles. The molecule has 2 N–H and O–H groups in total. The second kappa shape index (κ2) is 7.91. The van der Waals surface area contributed by atoms with Crippen molar-refractivity contribution in [2.75, 3.05) is 6.54 Å². The number of hydrogen-bond donors (Lipinski definition) is 2. The maximum absolute atomic E-state index is 9.77. The van der Waals surface area contributed by atoms with Gasteiger partial charge in [-0.1, -0.05) is 38.1 Å². The largest absolute Gasteiger partial charge is 0.393 e. The first-order chi connectivity index (χ1) is 10.2. The molecule has 1 aromatic carbocycles. The van der Waals surface area contributed by atoms with Crippen molar-refractivity contribution in [3.05, 3.63) is 54.2 Å². The van der Waals surface area contributed by atoms with Crippen LogP contribution in [0.25, 0.3) is 11.3 Å². The summed E-state index contributed by atoms with van der Waals surface area (Å²) in [6.45, 7) is 5.72. The summed E-state index contributed by atoms with van der Waals surface area (Å²) in [6, 6.07) is 14.4. The van der Waals surface area contributed by atoms with Gasteiger partial charge in [0, 0.05) is 18.3 Å². The zero-order chi connectivity index (χ0) is 15.1. The van der Waals surface area contributed by atoms with Gasteiger partial charge in [-0.05, 0) is 42.6 Å². The minimum Gasteiger partial charge on any atom is -0.393 e. The summed E-state index contributed by atoms with van der Waals surface area (Å²) in [5, 5.41) is 13.2. The monoisotopic (exact) mass is 284 g/mol. The molecule has 0 aliphatic heterocycles. The molecule has 3 nitrogen and oxygen atoms in total. The molecule has 2 rings (SSSR count). The van der Waals surface area contributed by atoms with E-state index in [0.29, 0.717) is 5.92 Å². The number of aliphatic hydroxyl groups excluding tert-OH is 1. The van der Waals surface area contributed by atoms with E-state index in [9.17, 15) is 5.11 Å². The van der Waals surface area contributed by atoms with Gasteiger partial charge >= 0.3 is 0 Å². The van der Waals surface area contributed by atoms with Crippen LogP contribution in [0.5, 0.6) is 0 Å². The highest BCUT2D eigenvalue weighted by Gasteiger charge is 2.07. The number of hydrogen-bond acceptors (Lipinski definition) is 3. The first-order valence-electron chi connectivity index (χ1n) is 7.56. The summed E-state index contributed by atoms with van der Waals surface area (Å²) in [5.74, 6) is 0.319. The molecule has 1 unspecified atom stereocenters. The smallest absolute Gasteiger partial charge is 0.0702 e.